The van der Waals surface area contributed by atoms with Gasteiger partial charge in [0.2, 0.25) is 0 Å². The summed E-state index contributed by atoms with van der Waals surface area (Å²) in [5.74, 6) is 0.139. The Labute approximate surface area is 164 Å². The number of hydrogen-bond acceptors (Lipinski definition) is 4. The maximum Gasteiger partial charge on any atom is 0.259 e. The van der Waals surface area contributed by atoms with Gasteiger partial charge in [-0.2, -0.15) is 0 Å². The molecule has 0 bridgehead atoms. The Morgan fingerprint density at radius 2 is 1.89 bits per heavy atom. The maximum atomic E-state index is 12.8. The van der Waals surface area contributed by atoms with Crippen LogP contribution in [0.3, 0.4) is 0 Å². The molecule has 2 aliphatic rings. The van der Waals surface area contributed by atoms with Crippen molar-refractivity contribution in [1.82, 2.24) is 5.32 Å². The van der Waals surface area contributed by atoms with Crippen LogP contribution in [-0.2, 0) is 4.74 Å². The molecular weight excluding hydrogens is 356 g/mol. The van der Waals surface area contributed by atoms with Gasteiger partial charge < -0.3 is 20.1 Å². The van der Waals surface area contributed by atoms with Crippen LogP contribution in [0.5, 0.6) is 5.75 Å². The minimum Gasteiger partial charge on any atom is -0.490 e. The van der Waals surface area contributed by atoms with Crippen LogP contribution >= 0.6 is 0 Å². The van der Waals surface area contributed by atoms with Crippen LogP contribution in [0.1, 0.15) is 46.4 Å². The number of nitrogens with one attached hydrogen (secondary N) is 2. The van der Waals surface area contributed by atoms with Crippen molar-refractivity contribution >= 4 is 17.5 Å². The molecule has 2 aromatic carbocycles. The highest BCUT2D eigenvalue weighted by molar-refractivity contribution is 6.06. The highest BCUT2D eigenvalue weighted by atomic mass is 16.5. The molecule has 0 spiro atoms. The van der Waals surface area contributed by atoms with E-state index in [9.17, 15) is 9.59 Å². The molecule has 6 heteroatoms. The Hall–Kier alpha value is -2.86. The zero-order valence-electron chi connectivity index (χ0n) is 15.6. The third-order valence-electron chi connectivity index (χ3n) is 4.88. The SMILES string of the molecule is O=C(NC1CC1)c1cccc(NC(=O)c2ccccc2OCC2CCCO2)c1. The molecule has 0 aromatic heterocycles. The van der Waals surface area contributed by atoms with Crippen molar-refractivity contribution in [2.45, 2.75) is 37.8 Å². The summed E-state index contributed by atoms with van der Waals surface area (Å²) in [5, 5.41) is 5.81. The molecule has 1 unspecified atom stereocenters. The van der Waals surface area contributed by atoms with Crippen molar-refractivity contribution in [3.8, 4) is 5.75 Å². The highest BCUT2D eigenvalue weighted by Crippen LogP contribution is 2.23. The van der Waals surface area contributed by atoms with Crippen LogP contribution in [-0.4, -0.2) is 37.2 Å². The monoisotopic (exact) mass is 380 g/mol. The zero-order valence-corrected chi connectivity index (χ0v) is 15.6. The Kier molecular flexibility index (Phi) is 5.58. The third-order valence-corrected chi connectivity index (χ3v) is 4.88. The van der Waals surface area contributed by atoms with Crippen LogP contribution in [0.15, 0.2) is 48.5 Å². The van der Waals surface area contributed by atoms with E-state index in [1.54, 1.807) is 42.5 Å². The molecule has 1 heterocycles. The molecule has 0 radical (unpaired) electrons. The fourth-order valence-electron chi connectivity index (χ4n) is 3.17. The molecule has 4 rings (SSSR count). The number of amides is 2. The zero-order chi connectivity index (χ0) is 19.3. The minimum absolute atomic E-state index is 0.0813. The second-order valence-electron chi connectivity index (χ2n) is 7.22. The van der Waals surface area contributed by atoms with Crippen molar-refractivity contribution < 1.29 is 19.1 Å². The molecule has 6 nitrogen and oxygen atoms in total. The summed E-state index contributed by atoms with van der Waals surface area (Å²) in [6.07, 6.45) is 4.17. The van der Waals surface area contributed by atoms with E-state index in [1.165, 1.54) is 0 Å². The van der Waals surface area contributed by atoms with Crippen LogP contribution in [0.2, 0.25) is 0 Å². The first kappa shape index (κ1) is 18.5. The quantitative estimate of drug-likeness (QED) is 0.772. The predicted octanol–water partition coefficient (Wildman–Crippen LogP) is 3.39. The third kappa shape index (κ3) is 4.70. The normalized spacial score (nSPS) is 18.5. The molecule has 28 heavy (non-hydrogen) atoms. The highest BCUT2D eigenvalue weighted by Gasteiger charge is 2.24. The number of ether oxygens (including phenoxy) is 2. The van der Waals surface area contributed by atoms with E-state index >= 15 is 0 Å². The Morgan fingerprint density at radius 3 is 2.68 bits per heavy atom. The number of carbonyl (C=O) groups excluding carboxylic acids is 2. The number of carbonyl (C=O) groups is 2. The van der Waals surface area contributed by atoms with Gasteiger partial charge in [0, 0.05) is 23.9 Å². The summed E-state index contributed by atoms with van der Waals surface area (Å²) in [7, 11) is 0. The molecule has 2 aromatic rings. The topological polar surface area (TPSA) is 76.7 Å². The van der Waals surface area contributed by atoms with E-state index in [4.69, 9.17) is 9.47 Å². The lowest BCUT2D eigenvalue weighted by molar-refractivity contribution is 0.0673. The van der Waals surface area contributed by atoms with Gasteiger partial charge in [0.25, 0.3) is 11.8 Å². The number of hydrogen-bond donors (Lipinski definition) is 2. The van der Waals surface area contributed by atoms with Crippen molar-refractivity contribution in [1.29, 1.82) is 0 Å². The van der Waals surface area contributed by atoms with E-state index in [0.717, 1.165) is 32.3 Å². The first-order valence-corrected chi connectivity index (χ1v) is 9.75. The van der Waals surface area contributed by atoms with E-state index in [0.29, 0.717) is 35.2 Å². The Bertz CT molecular complexity index is 857. The van der Waals surface area contributed by atoms with E-state index in [2.05, 4.69) is 10.6 Å². The van der Waals surface area contributed by atoms with Crippen molar-refractivity contribution in [2.75, 3.05) is 18.5 Å². The van der Waals surface area contributed by atoms with Crippen LogP contribution in [0.25, 0.3) is 0 Å². The van der Waals surface area contributed by atoms with Gasteiger partial charge in [-0.05, 0) is 56.0 Å². The number of anilines is 1. The average Bonchev–Trinajstić information content (AvgIpc) is 3.37. The van der Waals surface area contributed by atoms with Gasteiger partial charge in [-0.3, -0.25) is 9.59 Å². The maximum absolute atomic E-state index is 12.8. The molecular formula is C22H24N2O4. The van der Waals surface area contributed by atoms with Gasteiger partial charge in [-0.1, -0.05) is 18.2 Å². The van der Waals surface area contributed by atoms with Gasteiger partial charge in [-0.15, -0.1) is 0 Å². The lowest BCUT2D eigenvalue weighted by Gasteiger charge is -2.15. The standard InChI is InChI=1S/C22H24N2O4/c25-21(23-16-10-11-16)15-5-3-6-17(13-15)24-22(26)19-8-1-2-9-20(19)28-14-18-7-4-12-27-18/h1-3,5-6,8-9,13,16,18H,4,7,10-12,14H2,(H,23,25)(H,24,26). The van der Waals surface area contributed by atoms with Gasteiger partial charge in [-0.25, -0.2) is 0 Å². The van der Waals surface area contributed by atoms with Gasteiger partial charge in [0.1, 0.15) is 12.4 Å². The van der Waals surface area contributed by atoms with Gasteiger partial charge >= 0.3 is 0 Å². The second-order valence-corrected chi connectivity index (χ2v) is 7.22. The summed E-state index contributed by atoms with van der Waals surface area (Å²) < 4.78 is 11.4. The van der Waals surface area contributed by atoms with E-state index < -0.39 is 0 Å². The molecule has 2 amide bonds. The van der Waals surface area contributed by atoms with Crippen molar-refractivity contribution in [2.24, 2.45) is 0 Å². The molecule has 146 valence electrons. The van der Waals surface area contributed by atoms with E-state index in [1.807, 2.05) is 6.07 Å². The first-order chi connectivity index (χ1) is 13.7. The van der Waals surface area contributed by atoms with Crippen LogP contribution < -0.4 is 15.4 Å². The van der Waals surface area contributed by atoms with E-state index in [-0.39, 0.29) is 17.9 Å². The Balaban J connectivity index is 1.42. The van der Waals surface area contributed by atoms with Crippen molar-refractivity contribution in [3.63, 3.8) is 0 Å². The average molecular weight is 380 g/mol. The minimum atomic E-state index is -0.275. The molecule has 2 fully saturated rings. The summed E-state index contributed by atoms with van der Waals surface area (Å²) in [4.78, 5) is 25.0. The summed E-state index contributed by atoms with van der Waals surface area (Å²) in [5.41, 5.74) is 1.56. The fourth-order valence-corrected chi connectivity index (χ4v) is 3.17. The molecule has 1 atom stereocenters. The fraction of sp³-hybridized carbons (Fsp3) is 0.364. The molecule has 1 aliphatic heterocycles. The molecule has 1 saturated heterocycles. The predicted molar refractivity (Wildman–Crippen MR) is 106 cm³/mol. The lowest BCUT2D eigenvalue weighted by Crippen LogP contribution is -2.25. The number of benzene rings is 2. The smallest absolute Gasteiger partial charge is 0.259 e. The molecule has 2 N–H and O–H groups in total. The number of para-hydroxylation sites is 1. The number of rotatable bonds is 7. The van der Waals surface area contributed by atoms with Gasteiger partial charge in [0.15, 0.2) is 0 Å². The largest absolute Gasteiger partial charge is 0.490 e. The lowest BCUT2D eigenvalue weighted by atomic mass is 10.1. The summed E-state index contributed by atoms with van der Waals surface area (Å²) in [6.45, 7) is 1.20. The summed E-state index contributed by atoms with van der Waals surface area (Å²) >= 11 is 0. The molecule has 1 aliphatic carbocycles. The Morgan fingerprint density at radius 1 is 1.04 bits per heavy atom. The van der Waals surface area contributed by atoms with Gasteiger partial charge in [0.05, 0.1) is 11.7 Å². The van der Waals surface area contributed by atoms with Crippen LogP contribution in [0.4, 0.5) is 5.69 Å². The summed E-state index contributed by atoms with van der Waals surface area (Å²) in [6, 6.07) is 14.4. The van der Waals surface area contributed by atoms with Crippen LogP contribution in [0, 0.1) is 0 Å². The molecule has 1 saturated carbocycles. The van der Waals surface area contributed by atoms with Crippen molar-refractivity contribution in [3.05, 3.63) is 59.7 Å². The second kappa shape index (κ2) is 8.44. The first-order valence-electron chi connectivity index (χ1n) is 9.75.